The minimum Gasteiger partial charge on any atom is -0.429 e. The van der Waals surface area contributed by atoms with Crippen LogP contribution in [0.3, 0.4) is 0 Å². The standard InChI is InChI=1S/C27H23F6NO/c1-2-3-16-4-6-17(7-5-16)19-9-11-25(34-15-19)18-8-10-21(22(28)12-18)27(32,33)35-20-13-23(29)26(31)24(30)14-20/h6,8-16H,2-5,7H2,1H3. The number of hydrogen-bond donors (Lipinski definition) is 0. The molecular weight excluding hydrogens is 468 g/mol. The van der Waals surface area contributed by atoms with Crippen molar-refractivity contribution in [1.82, 2.24) is 4.98 Å². The van der Waals surface area contributed by atoms with Crippen molar-refractivity contribution in [3.63, 3.8) is 0 Å². The highest BCUT2D eigenvalue weighted by Crippen LogP contribution is 2.36. The number of rotatable bonds is 7. The van der Waals surface area contributed by atoms with Gasteiger partial charge in [0.05, 0.1) is 11.3 Å². The summed E-state index contributed by atoms with van der Waals surface area (Å²) in [6.45, 7) is 2.18. The van der Waals surface area contributed by atoms with Crippen LogP contribution >= 0.6 is 0 Å². The zero-order valence-electron chi connectivity index (χ0n) is 18.9. The van der Waals surface area contributed by atoms with E-state index in [1.807, 2.05) is 6.07 Å². The third kappa shape index (κ3) is 5.52. The molecule has 2 aromatic carbocycles. The molecule has 0 radical (unpaired) electrons. The number of hydrogen-bond acceptors (Lipinski definition) is 2. The summed E-state index contributed by atoms with van der Waals surface area (Å²) in [7, 11) is 0. The highest BCUT2D eigenvalue weighted by Gasteiger charge is 2.38. The third-order valence-electron chi connectivity index (χ3n) is 6.13. The summed E-state index contributed by atoms with van der Waals surface area (Å²) in [6.07, 6.45) is 5.15. The van der Waals surface area contributed by atoms with Crippen LogP contribution in [0.4, 0.5) is 26.3 Å². The van der Waals surface area contributed by atoms with Crippen LogP contribution in [0.15, 0.2) is 54.7 Å². The van der Waals surface area contributed by atoms with Gasteiger partial charge in [-0.2, -0.15) is 8.78 Å². The van der Waals surface area contributed by atoms with Crippen molar-refractivity contribution in [2.24, 2.45) is 5.92 Å². The predicted molar refractivity (Wildman–Crippen MR) is 121 cm³/mol. The third-order valence-corrected chi connectivity index (χ3v) is 6.13. The van der Waals surface area contributed by atoms with Crippen LogP contribution in [0.25, 0.3) is 16.8 Å². The molecule has 8 heteroatoms. The molecule has 1 atom stereocenters. The Balaban J connectivity index is 1.51. The summed E-state index contributed by atoms with van der Waals surface area (Å²) in [6, 6.07) is 7.03. The van der Waals surface area contributed by atoms with E-state index in [1.54, 1.807) is 12.3 Å². The Labute approximate surface area is 199 Å². The lowest BCUT2D eigenvalue weighted by atomic mass is 9.85. The van der Waals surface area contributed by atoms with Crippen LogP contribution in [0.5, 0.6) is 5.75 Å². The molecule has 35 heavy (non-hydrogen) atoms. The molecule has 1 unspecified atom stereocenters. The number of ether oxygens (including phenoxy) is 1. The second-order valence-corrected chi connectivity index (χ2v) is 8.60. The second kappa shape index (κ2) is 10.1. The van der Waals surface area contributed by atoms with Crippen LogP contribution in [0.1, 0.15) is 50.2 Å². The maximum atomic E-state index is 14.6. The number of benzene rings is 2. The quantitative estimate of drug-likeness (QED) is 0.245. The molecule has 0 aliphatic heterocycles. The lowest BCUT2D eigenvalue weighted by molar-refractivity contribution is -0.187. The summed E-state index contributed by atoms with van der Waals surface area (Å²) < 4.78 is 87.6. The van der Waals surface area contributed by atoms with Crippen molar-refractivity contribution < 1.29 is 31.1 Å². The Morgan fingerprint density at radius 2 is 1.66 bits per heavy atom. The summed E-state index contributed by atoms with van der Waals surface area (Å²) in [5, 5.41) is 0. The number of allylic oxidation sites excluding steroid dienone is 2. The highest BCUT2D eigenvalue weighted by atomic mass is 19.3. The van der Waals surface area contributed by atoms with Gasteiger partial charge in [0, 0.05) is 23.9 Å². The van der Waals surface area contributed by atoms with Crippen molar-refractivity contribution in [3.05, 3.63) is 89.1 Å². The van der Waals surface area contributed by atoms with E-state index in [1.165, 1.54) is 24.5 Å². The van der Waals surface area contributed by atoms with E-state index in [0.29, 0.717) is 11.6 Å². The molecule has 1 aliphatic carbocycles. The maximum absolute atomic E-state index is 14.6. The van der Waals surface area contributed by atoms with Gasteiger partial charge in [-0.25, -0.2) is 17.6 Å². The molecule has 0 saturated heterocycles. The van der Waals surface area contributed by atoms with Crippen molar-refractivity contribution in [3.8, 4) is 17.0 Å². The van der Waals surface area contributed by atoms with Gasteiger partial charge in [-0.05, 0) is 54.5 Å². The Kier molecular flexibility index (Phi) is 7.19. The molecule has 0 bridgehead atoms. The first-order valence-electron chi connectivity index (χ1n) is 11.3. The molecule has 3 aromatic rings. The summed E-state index contributed by atoms with van der Waals surface area (Å²) in [4.78, 5) is 4.36. The molecule has 0 amide bonds. The monoisotopic (exact) mass is 491 g/mol. The van der Waals surface area contributed by atoms with E-state index in [-0.39, 0.29) is 17.7 Å². The number of halogens is 6. The van der Waals surface area contributed by atoms with Gasteiger partial charge < -0.3 is 4.74 Å². The van der Waals surface area contributed by atoms with E-state index >= 15 is 0 Å². The molecule has 2 nitrogen and oxygen atoms in total. The van der Waals surface area contributed by atoms with Gasteiger partial charge in [-0.1, -0.05) is 38.0 Å². The first-order chi connectivity index (χ1) is 16.7. The minimum atomic E-state index is -4.26. The lowest BCUT2D eigenvalue weighted by Gasteiger charge is -2.21. The first kappa shape index (κ1) is 24.8. The molecule has 1 heterocycles. The van der Waals surface area contributed by atoms with Crippen LogP contribution < -0.4 is 4.74 Å². The second-order valence-electron chi connectivity index (χ2n) is 8.60. The summed E-state index contributed by atoms with van der Waals surface area (Å²) in [5.41, 5.74) is 1.71. The van der Waals surface area contributed by atoms with Crippen LogP contribution in [0, 0.1) is 29.2 Å². The van der Waals surface area contributed by atoms with E-state index in [0.717, 1.165) is 37.0 Å². The first-order valence-corrected chi connectivity index (χ1v) is 11.3. The Bertz CT molecular complexity index is 1220. The molecule has 184 valence electrons. The normalized spacial score (nSPS) is 16.2. The Hall–Kier alpha value is -3.29. The molecule has 0 N–H and O–H groups in total. The van der Waals surface area contributed by atoms with Crippen molar-refractivity contribution >= 4 is 5.57 Å². The SMILES string of the molecule is CCCC1CC=C(c2ccc(-c3ccc(C(F)(F)Oc4cc(F)c(F)c(F)c4)c(F)c3)nc2)CC1. The van der Waals surface area contributed by atoms with Crippen molar-refractivity contribution in [1.29, 1.82) is 0 Å². The van der Waals surface area contributed by atoms with Crippen molar-refractivity contribution in [2.75, 3.05) is 0 Å². The molecule has 1 aromatic heterocycles. The van der Waals surface area contributed by atoms with Gasteiger partial charge in [0.2, 0.25) is 0 Å². The van der Waals surface area contributed by atoms with Crippen LogP contribution in [-0.4, -0.2) is 4.98 Å². The van der Waals surface area contributed by atoms with Crippen LogP contribution in [-0.2, 0) is 6.11 Å². The van der Waals surface area contributed by atoms with Crippen LogP contribution in [0.2, 0.25) is 0 Å². The zero-order valence-corrected chi connectivity index (χ0v) is 18.9. The Morgan fingerprint density at radius 1 is 0.943 bits per heavy atom. The van der Waals surface area contributed by atoms with Gasteiger partial charge in [0.15, 0.2) is 17.5 Å². The molecular formula is C27H23F6NO. The number of alkyl halides is 2. The fraction of sp³-hybridized carbons (Fsp3) is 0.296. The van der Waals surface area contributed by atoms with Gasteiger partial charge in [-0.15, -0.1) is 0 Å². The molecule has 4 rings (SSSR count). The van der Waals surface area contributed by atoms with E-state index < -0.39 is 40.7 Å². The maximum Gasteiger partial charge on any atom is 0.429 e. The van der Waals surface area contributed by atoms with Crippen molar-refractivity contribution in [2.45, 2.75) is 45.1 Å². The van der Waals surface area contributed by atoms with Gasteiger partial charge in [0.25, 0.3) is 0 Å². The average Bonchev–Trinajstić information content (AvgIpc) is 2.83. The average molecular weight is 491 g/mol. The lowest BCUT2D eigenvalue weighted by Crippen LogP contribution is -2.23. The fourth-order valence-corrected chi connectivity index (χ4v) is 4.28. The van der Waals surface area contributed by atoms with Gasteiger partial charge >= 0.3 is 6.11 Å². The van der Waals surface area contributed by atoms with Gasteiger partial charge in [0.1, 0.15) is 11.6 Å². The smallest absolute Gasteiger partial charge is 0.429 e. The molecule has 0 fully saturated rings. The minimum absolute atomic E-state index is 0.260. The largest absolute Gasteiger partial charge is 0.429 e. The number of nitrogens with zero attached hydrogens (tertiary/aromatic N) is 1. The number of pyridine rings is 1. The fourth-order valence-electron chi connectivity index (χ4n) is 4.28. The Morgan fingerprint density at radius 3 is 2.23 bits per heavy atom. The topological polar surface area (TPSA) is 22.1 Å². The summed E-state index contributed by atoms with van der Waals surface area (Å²) in [5.74, 6) is -6.80. The van der Waals surface area contributed by atoms with Gasteiger partial charge in [-0.3, -0.25) is 4.98 Å². The van der Waals surface area contributed by atoms with E-state index in [4.69, 9.17) is 0 Å². The zero-order chi connectivity index (χ0) is 25.2. The number of aromatic nitrogens is 1. The predicted octanol–water partition coefficient (Wildman–Crippen LogP) is 8.42. The molecule has 0 saturated carbocycles. The van der Waals surface area contributed by atoms with E-state index in [2.05, 4.69) is 22.7 Å². The molecule has 0 spiro atoms. The summed E-state index contributed by atoms with van der Waals surface area (Å²) >= 11 is 0. The molecule has 1 aliphatic rings. The highest BCUT2D eigenvalue weighted by molar-refractivity contribution is 5.68. The van der Waals surface area contributed by atoms with E-state index in [9.17, 15) is 26.3 Å².